The topological polar surface area (TPSA) is 42.0 Å². The van der Waals surface area contributed by atoms with Gasteiger partial charge in [0.2, 0.25) is 0 Å². The van der Waals surface area contributed by atoms with Crippen LogP contribution >= 0.6 is 0 Å². The molecule has 134 valence electrons. The fourth-order valence-electron chi connectivity index (χ4n) is 2.98. The van der Waals surface area contributed by atoms with Crippen LogP contribution in [-0.4, -0.2) is 9.38 Å². The van der Waals surface area contributed by atoms with Gasteiger partial charge < -0.3 is 0 Å². The summed E-state index contributed by atoms with van der Waals surface area (Å²) in [5, 5.41) is 8.76. The smallest absolute Gasteiger partial charge is 0.187 e. The third-order valence-corrected chi connectivity index (χ3v) is 4.69. The van der Waals surface area contributed by atoms with Crippen LogP contribution in [0.1, 0.15) is 16.7 Å². The summed E-state index contributed by atoms with van der Waals surface area (Å²) in [6.45, 7) is 6.19. The largest absolute Gasteiger partial charge is 0.282 e. The van der Waals surface area contributed by atoms with Crippen LogP contribution in [-0.2, 0) is 0 Å². The third-order valence-electron chi connectivity index (χ3n) is 4.69. The van der Waals surface area contributed by atoms with Gasteiger partial charge in [-0.25, -0.2) is 9.37 Å². The summed E-state index contributed by atoms with van der Waals surface area (Å²) in [4.78, 5) is 4.83. The van der Waals surface area contributed by atoms with E-state index in [1.54, 1.807) is 12.1 Å². The van der Waals surface area contributed by atoms with Crippen LogP contribution in [0.2, 0.25) is 0 Å². The van der Waals surface area contributed by atoms with Crippen molar-refractivity contribution in [2.45, 2.75) is 20.8 Å². The molecule has 0 saturated heterocycles. The van der Waals surface area contributed by atoms with Crippen molar-refractivity contribution >= 4 is 17.2 Å². The van der Waals surface area contributed by atoms with E-state index in [1.165, 1.54) is 23.3 Å². The number of hydrogen-bond donors (Lipinski definition) is 0. The summed E-state index contributed by atoms with van der Waals surface area (Å²) < 4.78 is 15.1. The standard InChI is InChI=1S/C22H19FN4/c1-14-6-7-17(13-16(14)3)20-22(26-25-19-10-8-18(23)9-11-19)27-12-4-5-15(2)21(27)24-20/h4-13H,1-3H3. The molecular formula is C22H19FN4. The molecule has 0 aliphatic carbocycles. The van der Waals surface area contributed by atoms with Crippen molar-refractivity contribution in [3.05, 3.63) is 83.3 Å². The molecule has 0 fully saturated rings. The van der Waals surface area contributed by atoms with Crippen LogP contribution < -0.4 is 0 Å². The predicted molar refractivity (Wildman–Crippen MR) is 105 cm³/mol. The van der Waals surface area contributed by atoms with E-state index in [0.717, 1.165) is 22.5 Å². The minimum absolute atomic E-state index is 0.296. The Labute approximate surface area is 157 Å². The zero-order chi connectivity index (χ0) is 19.0. The highest BCUT2D eigenvalue weighted by molar-refractivity contribution is 5.76. The van der Waals surface area contributed by atoms with Crippen molar-refractivity contribution in [3.8, 4) is 11.3 Å². The molecule has 0 atom stereocenters. The fourth-order valence-corrected chi connectivity index (χ4v) is 2.98. The van der Waals surface area contributed by atoms with Gasteiger partial charge in [-0.05, 0) is 73.9 Å². The maximum absolute atomic E-state index is 13.1. The van der Waals surface area contributed by atoms with E-state index < -0.39 is 0 Å². The highest BCUT2D eigenvalue weighted by Crippen LogP contribution is 2.34. The SMILES string of the molecule is Cc1ccc(-c2nc3c(C)cccn3c2N=Nc2ccc(F)cc2)cc1C. The molecule has 0 aliphatic heterocycles. The van der Waals surface area contributed by atoms with Gasteiger partial charge in [0.25, 0.3) is 0 Å². The predicted octanol–water partition coefficient (Wildman–Crippen LogP) is 6.48. The summed E-state index contributed by atoms with van der Waals surface area (Å²) in [7, 11) is 0. The number of imidazole rings is 1. The van der Waals surface area contributed by atoms with Gasteiger partial charge in [0.15, 0.2) is 5.82 Å². The average molecular weight is 358 g/mol. The summed E-state index contributed by atoms with van der Waals surface area (Å²) in [6, 6.07) is 16.2. The van der Waals surface area contributed by atoms with E-state index in [2.05, 4.69) is 42.3 Å². The second-order valence-electron chi connectivity index (χ2n) is 6.64. The van der Waals surface area contributed by atoms with E-state index in [-0.39, 0.29) is 5.82 Å². The molecule has 27 heavy (non-hydrogen) atoms. The Balaban J connectivity index is 1.90. The zero-order valence-corrected chi connectivity index (χ0v) is 15.4. The highest BCUT2D eigenvalue weighted by Gasteiger charge is 2.15. The summed E-state index contributed by atoms with van der Waals surface area (Å²) in [6.07, 6.45) is 1.93. The van der Waals surface area contributed by atoms with Crippen LogP contribution in [0.4, 0.5) is 15.9 Å². The van der Waals surface area contributed by atoms with Gasteiger partial charge in [0, 0.05) is 11.8 Å². The molecule has 0 aliphatic rings. The molecule has 0 radical (unpaired) electrons. The van der Waals surface area contributed by atoms with E-state index >= 15 is 0 Å². The summed E-state index contributed by atoms with van der Waals surface area (Å²) >= 11 is 0. The first kappa shape index (κ1) is 17.1. The number of aryl methyl sites for hydroxylation is 3. The molecule has 0 amide bonds. The van der Waals surface area contributed by atoms with E-state index in [0.29, 0.717) is 11.5 Å². The molecule has 2 heterocycles. The quantitative estimate of drug-likeness (QED) is 0.386. The first-order chi connectivity index (χ1) is 13.0. The fraction of sp³-hybridized carbons (Fsp3) is 0.136. The summed E-state index contributed by atoms with van der Waals surface area (Å²) in [5.74, 6) is 0.358. The number of hydrogen-bond acceptors (Lipinski definition) is 3. The lowest BCUT2D eigenvalue weighted by molar-refractivity contribution is 0.628. The number of benzene rings is 2. The lowest BCUT2D eigenvalue weighted by Gasteiger charge is -2.04. The van der Waals surface area contributed by atoms with Crippen LogP contribution in [0, 0.1) is 26.6 Å². The van der Waals surface area contributed by atoms with Crippen LogP contribution in [0.25, 0.3) is 16.9 Å². The number of fused-ring (bicyclic) bond motifs is 1. The zero-order valence-electron chi connectivity index (χ0n) is 15.4. The third kappa shape index (κ3) is 3.24. The van der Waals surface area contributed by atoms with Crippen molar-refractivity contribution in [1.82, 2.24) is 9.38 Å². The van der Waals surface area contributed by atoms with E-state index in [9.17, 15) is 4.39 Å². The first-order valence-electron chi connectivity index (χ1n) is 8.75. The van der Waals surface area contributed by atoms with Crippen molar-refractivity contribution < 1.29 is 4.39 Å². The molecule has 0 saturated carbocycles. The normalized spacial score (nSPS) is 11.6. The van der Waals surface area contributed by atoms with Crippen LogP contribution in [0.5, 0.6) is 0 Å². The van der Waals surface area contributed by atoms with Gasteiger partial charge in [-0.1, -0.05) is 18.2 Å². The lowest BCUT2D eigenvalue weighted by atomic mass is 10.0. The second kappa shape index (κ2) is 6.76. The van der Waals surface area contributed by atoms with E-state index in [1.807, 2.05) is 29.7 Å². The van der Waals surface area contributed by atoms with Crippen molar-refractivity contribution in [1.29, 1.82) is 0 Å². The lowest BCUT2D eigenvalue weighted by Crippen LogP contribution is -1.85. The molecule has 0 spiro atoms. The van der Waals surface area contributed by atoms with Crippen molar-refractivity contribution in [2.75, 3.05) is 0 Å². The maximum Gasteiger partial charge on any atom is 0.187 e. The van der Waals surface area contributed by atoms with Gasteiger partial charge in [0.1, 0.15) is 17.2 Å². The molecule has 2 aromatic heterocycles. The Morgan fingerprint density at radius 2 is 1.63 bits per heavy atom. The van der Waals surface area contributed by atoms with E-state index in [4.69, 9.17) is 4.98 Å². The molecule has 4 nitrogen and oxygen atoms in total. The second-order valence-corrected chi connectivity index (χ2v) is 6.64. The van der Waals surface area contributed by atoms with Crippen LogP contribution in [0.3, 0.4) is 0 Å². The van der Waals surface area contributed by atoms with Gasteiger partial charge in [-0.2, -0.15) is 0 Å². The van der Waals surface area contributed by atoms with Gasteiger partial charge in [-0.15, -0.1) is 10.2 Å². The Hall–Kier alpha value is -3.34. The number of nitrogens with zero attached hydrogens (tertiary/aromatic N) is 4. The molecule has 4 rings (SSSR count). The highest BCUT2D eigenvalue weighted by atomic mass is 19.1. The van der Waals surface area contributed by atoms with Gasteiger partial charge in [-0.3, -0.25) is 4.40 Å². The Morgan fingerprint density at radius 3 is 2.37 bits per heavy atom. The summed E-state index contributed by atoms with van der Waals surface area (Å²) in [5.41, 5.74) is 6.69. The Kier molecular flexibility index (Phi) is 4.28. The number of rotatable bonds is 3. The maximum atomic E-state index is 13.1. The molecule has 5 heteroatoms. The number of pyridine rings is 1. The van der Waals surface area contributed by atoms with Crippen molar-refractivity contribution in [2.24, 2.45) is 10.2 Å². The number of halogens is 1. The number of azo groups is 1. The van der Waals surface area contributed by atoms with Gasteiger partial charge in [0.05, 0.1) is 5.69 Å². The molecule has 0 bridgehead atoms. The minimum atomic E-state index is -0.296. The van der Waals surface area contributed by atoms with Gasteiger partial charge >= 0.3 is 0 Å². The molecule has 0 unspecified atom stereocenters. The monoisotopic (exact) mass is 358 g/mol. The van der Waals surface area contributed by atoms with Crippen LogP contribution in [0.15, 0.2) is 71.0 Å². The average Bonchev–Trinajstić information content (AvgIpc) is 3.04. The Morgan fingerprint density at radius 1 is 0.852 bits per heavy atom. The minimum Gasteiger partial charge on any atom is -0.282 e. The Bertz CT molecular complexity index is 1160. The van der Waals surface area contributed by atoms with Crippen molar-refractivity contribution in [3.63, 3.8) is 0 Å². The molecule has 4 aromatic rings. The molecule has 2 aromatic carbocycles. The first-order valence-corrected chi connectivity index (χ1v) is 8.75. The molecular weight excluding hydrogens is 339 g/mol. The molecule has 0 N–H and O–H groups in total. The number of aromatic nitrogens is 2.